The van der Waals surface area contributed by atoms with Crippen LogP contribution < -0.4 is 10.6 Å². The molecule has 0 bridgehead atoms. The topological polar surface area (TPSA) is 166 Å². The number of anilines is 2. The first-order valence-corrected chi connectivity index (χ1v) is 15.0. The van der Waals surface area contributed by atoms with Gasteiger partial charge in [0.15, 0.2) is 17.0 Å². The predicted molar refractivity (Wildman–Crippen MR) is 159 cm³/mol. The Kier molecular flexibility index (Phi) is 8.18. The molecule has 13 nitrogen and oxygen atoms in total. The first-order chi connectivity index (χ1) is 20.0. The predicted octanol–water partition coefficient (Wildman–Crippen LogP) is 3.26. The summed E-state index contributed by atoms with van der Waals surface area (Å²) in [6.07, 6.45) is 5.81. The molecule has 220 valence electrons. The number of pyridine rings is 1. The third kappa shape index (κ3) is 6.09. The maximum Gasteiger partial charge on any atom is 0.284 e. The Morgan fingerprint density at radius 3 is 2.45 bits per heavy atom. The highest BCUT2D eigenvalue weighted by Crippen LogP contribution is 2.25. The number of aromatic nitrogens is 8. The summed E-state index contributed by atoms with van der Waals surface area (Å²) >= 11 is 0. The van der Waals surface area contributed by atoms with Crippen LogP contribution in [-0.4, -0.2) is 64.6 Å². The number of rotatable bonds is 11. The van der Waals surface area contributed by atoms with Gasteiger partial charge >= 0.3 is 0 Å². The third-order valence-corrected chi connectivity index (χ3v) is 8.56. The van der Waals surface area contributed by atoms with Gasteiger partial charge < -0.3 is 20.3 Å². The van der Waals surface area contributed by atoms with Gasteiger partial charge in [-0.3, -0.25) is 4.98 Å². The summed E-state index contributed by atoms with van der Waals surface area (Å²) in [5.41, 5.74) is 5.25. The smallest absolute Gasteiger partial charge is 0.284 e. The summed E-state index contributed by atoms with van der Waals surface area (Å²) in [6, 6.07) is 8.14. The molecule has 14 heteroatoms. The summed E-state index contributed by atoms with van der Waals surface area (Å²) in [5, 5.41) is 24.5. The number of benzene rings is 1. The second-order valence-electron chi connectivity index (χ2n) is 10.5. The lowest BCUT2D eigenvalue weighted by atomic mass is 10.0. The fourth-order valence-electron chi connectivity index (χ4n) is 4.56. The number of aliphatic hydroxyl groups is 1. The van der Waals surface area contributed by atoms with Gasteiger partial charge in [-0.1, -0.05) is 17.3 Å². The molecule has 4 aromatic heterocycles. The van der Waals surface area contributed by atoms with Crippen LogP contribution in [0.25, 0.3) is 11.2 Å². The van der Waals surface area contributed by atoms with Crippen LogP contribution in [0.4, 0.5) is 11.8 Å². The zero-order chi connectivity index (χ0) is 30.0. The number of hydrogen-bond acceptors (Lipinski definition) is 11. The van der Waals surface area contributed by atoms with Gasteiger partial charge in [0.2, 0.25) is 5.95 Å². The van der Waals surface area contributed by atoms with Crippen LogP contribution >= 0.6 is 0 Å². The van der Waals surface area contributed by atoms with E-state index in [1.807, 2.05) is 30.7 Å². The summed E-state index contributed by atoms with van der Waals surface area (Å²) in [7, 11) is -3.83. The van der Waals surface area contributed by atoms with Gasteiger partial charge in [0, 0.05) is 24.5 Å². The first kappa shape index (κ1) is 29.1. The van der Waals surface area contributed by atoms with Gasteiger partial charge in [-0.15, -0.1) is 9.19 Å². The molecule has 0 unspecified atom stereocenters. The Morgan fingerprint density at radius 1 is 1.05 bits per heavy atom. The molecule has 4 heterocycles. The Labute approximate surface area is 244 Å². The van der Waals surface area contributed by atoms with Crippen molar-refractivity contribution in [2.24, 2.45) is 0 Å². The maximum absolute atomic E-state index is 12.7. The van der Waals surface area contributed by atoms with E-state index in [0.717, 1.165) is 26.5 Å². The number of aryl methyl sites for hydroxylation is 2. The molecule has 5 rings (SSSR count). The van der Waals surface area contributed by atoms with Crippen molar-refractivity contribution in [3.8, 4) is 0 Å². The molecular weight excluding hydrogens is 556 g/mol. The van der Waals surface area contributed by atoms with E-state index in [-0.39, 0.29) is 10.9 Å². The second kappa shape index (κ2) is 11.8. The molecule has 0 spiro atoms. The van der Waals surface area contributed by atoms with E-state index < -0.39 is 22.2 Å². The molecular formula is C28H34N10O3S. The van der Waals surface area contributed by atoms with Crippen LogP contribution in [-0.2, 0) is 23.0 Å². The molecule has 1 aromatic carbocycles. The van der Waals surface area contributed by atoms with Crippen LogP contribution in [0.15, 0.2) is 60.1 Å². The van der Waals surface area contributed by atoms with E-state index in [1.165, 1.54) is 24.5 Å². The Bertz CT molecular complexity index is 1780. The average Bonchev–Trinajstić information content (AvgIpc) is 3.64. The Morgan fingerprint density at radius 2 is 1.81 bits per heavy atom. The van der Waals surface area contributed by atoms with Crippen molar-refractivity contribution in [1.82, 2.24) is 38.9 Å². The van der Waals surface area contributed by atoms with Crippen molar-refractivity contribution in [1.29, 1.82) is 0 Å². The minimum absolute atomic E-state index is 0.0868. The number of aliphatic hydroxyl groups excluding tert-OH is 1. The molecule has 42 heavy (non-hydrogen) atoms. The molecule has 3 N–H and O–H groups in total. The number of hydrogen-bond donors (Lipinski definition) is 3. The van der Waals surface area contributed by atoms with Gasteiger partial charge in [-0.2, -0.15) is 18.4 Å². The Balaban J connectivity index is 1.40. The minimum atomic E-state index is -3.83. The molecule has 2 atom stereocenters. The van der Waals surface area contributed by atoms with Crippen molar-refractivity contribution in [2.45, 2.75) is 70.7 Å². The fourth-order valence-corrected chi connectivity index (χ4v) is 5.61. The van der Waals surface area contributed by atoms with E-state index in [4.69, 9.17) is 9.97 Å². The number of nitrogens with one attached hydrogen (secondary N) is 2. The molecule has 0 amide bonds. The SMILES string of the molecule is Cc1cc(C)c(CNc2nc(N[C@@H](Cc3ccc(S(=O)(=O)n4ccnn4)cc3)[C@@H](C)O)nc3c2ncn3C(C)C)cn1. The standard InChI is InChI=1S/C28H34N10O3S/c1-17(2)37-16-31-25-26(30-15-22-14-29-19(4)12-18(22)3)34-28(35-27(25)37)33-24(20(5)39)13-21-6-8-23(9-7-21)42(40,41)38-11-10-32-36-38/h6-12,14,16-17,20,24,39H,13,15H2,1-5H3,(H2,30,33,34,35)/t20-,24+/m1/s1. The lowest BCUT2D eigenvalue weighted by Crippen LogP contribution is -2.34. The lowest BCUT2D eigenvalue weighted by molar-refractivity contribution is 0.170. The summed E-state index contributed by atoms with van der Waals surface area (Å²) in [5.74, 6) is 0.899. The molecule has 0 aliphatic rings. The average molecular weight is 591 g/mol. The van der Waals surface area contributed by atoms with Crippen LogP contribution in [0.3, 0.4) is 0 Å². The zero-order valence-corrected chi connectivity index (χ0v) is 24.9. The number of imidazole rings is 1. The van der Waals surface area contributed by atoms with Crippen molar-refractivity contribution in [3.05, 3.63) is 77.6 Å². The van der Waals surface area contributed by atoms with Crippen LogP contribution in [0, 0.1) is 13.8 Å². The molecule has 0 saturated carbocycles. The quantitative estimate of drug-likeness (QED) is 0.207. The highest BCUT2D eigenvalue weighted by molar-refractivity contribution is 7.89. The van der Waals surface area contributed by atoms with Crippen molar-refractivity contribution < 1.29 is 13.5 Å². The Hall–Kier alpha value is -4.43. The fraction of sp³-hybridized carbons (Fsp3) is 0.357. The molecule has 0 aliphatic carbocycles. The molecule has 0 aliphatic heterocycles. The van der Waals surface area contributed by atoms with Crippen LogP contribution in [0.1, 0.15) is 49.2 Å². The van der Waals surface area contributed by atoms with E-state index in [1.54, 1.807) is 25.4 Å². The third-order valence-electron chi connectivity index (χ3n) is 7.00. The maximum atomic E-state index is 12.7. The van der Waals surface area contributed by atoms with Crippen LogP contribution in [0.2, 0.25) is 0 Å². The summed E-state index contributed by atoms with van der Waals surface area (Å²) < 4.78 is 28.2. The summed E-state index contributed by atoms with van der Waals surface area (Å²) in [6.45, 7) is 10.3. The first-order valence-electron chi connectivity index (χ1n) is 13.6. The van der Waals surface area contributed by atoms with E-state index >= 15 is 0 Å². The number of fused-ring (bicyclic) bond motifs is 1. The highest BCUT2D eigenvalue weighted by atomic mass is 32.2. The molecule has 5 aromatic rings. The van der Waals surface area contributed by atoms with E-state index in [2.05, 4.69) is 44.8 Å². The van der Waals surface area contributed by atoms with E-state index in [0.29, 0.717) is 35.9 Å². The van der Waals surface area contributed by atoms with Crippen molar-refractivity contribution in [2.75, 3.05) is 10.6 Å². The second-order valence-corrected chi connectivity index (χ2v) is 12.3. The van der Waals surface area contributed by atoms with E-state index in [9.17, 15) is 13.5 Å². The normalized spacial score (nSPS) is 13.4. The highest BCUT2D eigenvalue weighted by Gasteiger charge is 2.22. The van der Waals surface area contributed by atoms with Gasteiger partial charge in [0.05, 0.1) is 35.8 Å². The van der Waals surface area contributed by atoms with Gasteiger partial charge in [-0.05, 0) is 75.9 Å². The molecule has 0 radical (unpaired) electrons. The van der Waals surface area contributed by atoms with Crippen molar-refractivity contribution >= 4 is 33.0 Å². The van der Waals surface area contributed by atoms with Crippen molar-refractivity contribution in [3.63, 3.8) is 0 Å². The monoisotopic (exact) mass is 590 g/mol. The van der Waals surface area contributed by atoms with Gasteiger partial charge in [-0.25, -0.2) is 4.98 Å². The lowest BCUT2D eigenvalue weighted by Gasteiger charge is -2.22. The van der Waals surface area contributed by atoms with Crippen LogP contribution in [0.5, 0.6) is 0 Å². The minimum Gasteiger partial charge on any atom is -0.391 e. The molecule has 0 fully saturated rings. The van der Waals surface area contributed by atoms with Gasteiger partial charge in [0.25, 0.3) is 10.0 Å². The number of nitrogens with zero attached hydrogens (tertiary/aromatic N) is 8. The molecule has 0 saturated heterocycles. The largest absolute Gasteiger partial charge is 0.391 e. The zero-order valence-electron chi connectivity index (χ0n) is 24.1. The summed E-state index contributed by atoms with van der Waals surface area (Å²) in [4.78, 5) is 18.6. The van der Waals surface area contributed by atoms with Gasteiger partial charge in [0.1, 0.15) is 0 Å².